The Morgan fingerprint density at radius 2 is 2.26 bits per heavy atom. The van der Waals surface area contributed by atoms with E-state index in [0.29, 0.717) is 5.88 Å². The van der Waals surface area contributed by atoms with Gasteiger partial charge in [0.1, 0.15) is 11.6 Å². The van der Waals surface area contributed by atoms with Crippen LogP contribution in [0, 0.1) is 5.82 Å². The second kappa shape index (κ2) is 7.15. The summed E-state index contributed by atoms with van der Waals surface area (Å²) in [7, 11) is 0. The number of rotatable bonds is 7. The number of hydrogen-bond acceptors (Lipinski definition) is 2. The molecule has 0 N–H and O–H groups in total. The van der Waals surface area contributed by atoms with Crippen molar-refractivity contribution in [2.75, 3.05) is 17.4 Å². The third-order valence-electron chi connectivity index (χ3n) is 2.98. The molecule has 5 heteroatoms. The van der Waals surface area contributed by atoms with Crippen LogP contribution in [0.5, 0.6) is 0 Å². The molecule has 2 aromatic rings. The molecule has 0 bridgehead atoms. The fourth-order valence-electron chi connectivity index (χ4n) is 2.15. The molecule has 0 saturated carbocycles. The molecule has 104 valence electrons. The van der Waals surface area contributed by atoms with Gasteiger partial charge in [-0.1, -0.05) is 6.92 Å². The Hall–Kier alpha value is -0.740. The minimum atomic E-state index is -0.240. The van der Waals surface area contributed by atoms with Gasteiger partial charge < -0.3 is 4.57 Å². The highest BCUT2D eigenvalue weighted by Gasteiger charge is 2.10. The van der Waals surface area contributed by atoms with Crippen molar-refractivity contribution in [3.8, 4) is 0 Å². The Balaban J connectivity index is 2.24. The third kappa shape index (κ3) is 3.63. The smallest absolute Gasteiger partial charge is 0.125 e. The fourth-order valence-corrected chi connectivity index (χ4v) is 2.94. The van der Waals surface area contributed by atoms with E-state index in [0.717, 1.165) is 47.7 Å². The molecule has 0 aliphatic rings. The van der Waals surface area contributed by atoms with Crippen molar-refractivity contribution >= 4 is 34.4 Å². The average Bonchev–Trinajstić information content (AvgIpc) is 2.72. The van der Waals surface area contributed by atoms with E-state index in [1.54, 1.807) is 0 Å². The van der Waals surface area contributed by atoms with Crippen LogP contribution in [-0.4, -0.2) is 26.9 Å². The molecule has 0 spiro atoms. The standard InChI is InChI=1S/C14H18ClFN2S/c1-2-19-9-3-8-18-13-5-4-11(16)10-12(13)17-14(18)6-7-15/h4-5,10H,2-3,6-9H2,1H3. The molecule has 2 rings (SSSR count). The van der Waals surface area contributed by atoms with E-state index in [-0.39, 0.29) is 5.82 Å². The molecule has 2 nitrogen and oxygen atoms in total. The van der Waals surface area contributed by atoms with Gasteiger partial charge in [0.15, 0.2) is 0 Å². The van der Waals surface area contributed by atoms with Gasteiger partial charge in [-0.15, -0.1) is 11.6 Å². The normalized spacial score (nSPS) is 11.3. The summed E-state index contributed by atoms with van der Waals surface area (Å²) in [5, 5.41) is 0. The number of thioether (sulfide) groups is 1. The summed E-state index contributed by atoms with van der Waals surface area (Å²) in [6, 6.07) is 4.79. The first kappa shape index (κ1) is 14.7. The van der Waals surface area contributed by atoms with Gasteiger partial charge in [0.25, 0.3) is 0 Å². The van der Waals surface area contributed by atoms with E-state index < -0.39 is 0 Å². The molecule has 0 saturated heterocycles. The molecule has 1 heterocycles. The van der Waals surface area contributed by atoms with E-state index in [4.69, 9.17) is 11.6 Å². The number of hydrogen-bond donors (Lipinski definition) is 0. The molecule has 0 aliphatic carbocycles. The van der Waals surface area contributed by atoms with E-state index in [1.807, 2.05) is 17.8 Å². The Morgan fingerprint density at radius 1 is 1.42 bits per heavy atom. The quantitative estimate of drug-likeness (QED) is 0.566. The van der Waals surface area contributed by atoms with Crippen LogP contribution in [0.4, 0.5) is 4.39 Å². The molecule has 0 fully saturated rings. The molecular formula is C14H18ClFN2S. The minimum absolute atomic E-state index is 0.240. The number of halogens is 2. The van der Waals surface area contributed by atoms with Gasteiger partial charge in [-0.2, -0.15) is 11.8 Å². The van der Waals surface area contributed by atoms with Gasteiger partial charge in [0, 0.05) is 24.9 Å². The first-order valence-corrected chi connectivity index (χ1v) is 8.23. The van der Waals surface area contributed by atoms with Crippen LogP contribution in [0.2, 0.25) is 0 Å². The van der Waals surface area contributed by atoms with Gasteiger partial charge in [0.2, 0.25) is 0 Å². The van der Waals surface area contributed by atoms with Crippen LogP contribution in [0.25, 0.3) is 11.0 Å². The Morgan fingerprint density at radius 3 is 3.00 bits per heavy atom. The van der Waals surface area contributed by atoms with Gasteiger partial charge >= 0.3 is 0 Å². The highest BCUT2D eigenvalue weighted by Crippen LogP contribution is 2.19. The van der Waals surface area contributed by atoms with Crippen LogP contribution in [-0.2, 0) is 13.0 Å². The first-order valence-electron chi connectivity index (χ1n) is 6.54. The molecule has 0 amide bonds. The number of fused-ring (bicyclic) bond motifs is 1. The summed E-state index contributed by atoms with van der Waals surface area (Å²) >= 11 is 7.76. The van der Waals surface area contributed by atoms with Crippen molar-refractivity contribution < 1.29 is 4.39 Å². The molecule has 0 radical (unpaired) electrons. The van der Waals surface area contributed by atoms with Gasteiger partial charge in [0.05, 0.1) is 11.0 Å². The summed E-state index contributed by atoms with van der Waals surface area (Å²) in [4.78, 5) is 4.49. The molecular weight excluding hydrogens is 283 g/mol. The Bertz CT molecular complexity index is 541. The second-order valence-electron chi connectivity index (χ2n) is 4.30. The topological polar surface area (TPSA) is 17.8 Å². The summed E-state index contributed by atoms with van der Waals surface area (Å²) < 4.78 is 15.4. The lowest BCUT2D eigenvalue weighted by atomic mass is 10.3. The zero-order valence-corrected chi connectivity index (χ0v) is 12.6. The zero-order valence-electron chi connectivity index (χ0n) is 11.0. The van der Waals surface area contributed by atoms with Crippen LogP contribution >= 0.6 is 23.4 Å². The molecule has 1 aromatic carbocycles. The lowest BCUT2D eigenvalue weighted by molar-refractivity contribution is 0.629. The summed E-state index contributed by atoms with van der Waals surface area (Å²) in [6.45, 7) is 3.08. The maximum Gasteiger partial charge on any atom is 0.125 e. The molecule has 0 aliphatic heterocycles. The van der Waals surface area contributed by atoms with Crippen molar-refractivity contribution in [3.63, 3.8) is 0 Å². The molecule has 19 heavy (non-hydrogen) atoms. The number of nitrogens with zero attached hydrogens (tertiary/aromatic N) is 2. The van der Waals surface area contributed by atoms with E-state index >= 15 is 0 Å². The van der Waals surface area contributed by atoms with E-state index in [1.165, 1.54) is 12.1 Å². The maximum absolute atomic E-state index is 13.2. The SMILES string of the molecule is CCSCCCn1c(CCCl)nc2cc(F)ccc21. The minimum Gasteiger partial charge on any atom is -0.328 e. The largest absolute Gasteiger partial charge is 0.328 e. The Kier molecular flexibility index (Phi) is 5.52. The predicted molar refractivity (Wildman–Crippen MR) is 81.7 cm³/mol. The monoisotopic (exact) mass is 300 g/mol. The van der Waals surface area contributed by atoms with Crippen molar-refractivity contribution in [1.29, 1.82) is 0 Å². The van der Waals surface area contributed by atoms with Crippen molar-refractivity contribution in [2.45, 2.75) is 26.3 Å². The second-order valence-corrected chi connectivity index (χ2v) is 6.07. The van der Waals surface area contributed by atoms with Crippen molar-refractivity contribution in [3.05, 3.63) is 29.8 Å². The number of aryl methyl sites for hydroxylation is 2. The molecule has 0 atom stereocenters. The van der Waals surface area contributed by atoms with E-state index in [2.05, 4.69) is 16.5 Å². The fraction of sp³-hybridized carbons (Fsp3) is 0.500. The highest BCUT2D eigenvalue weighted by molar-refractivity contribution is 7.99. The van der Waals surface area contributed by atoms with Gasteiger partial charge in [-0.05, 0) is 30.1 Å². The zero-order chi connectivity index (χ0) is 13.7. The van der Waals surface area contributed by atoms with Gasteiger partial charge in [-0.25, -0.2) is 9.37 Å². The lowest BCUT2D eigenvalue weighted by Crippen LogP contribution is -2.05. The van der Waals surface area contributed by atoms with Crippen LogP contribution in [0.3, 0.4) is 0 Å². The first-order chi connectivity index (χ1) is 9.26. The number of aromatic nitrogens is 2. The number of imidazole rings is 1. The molecule has 1 aromatic heterocycles. The average molecular weight is 301 g/mol. The lowest BCUT2D eigenvalue weighted by Gasteiger charge is -2.08. The number of benzene rings is 1. The summed E-state index contributed by atoms with van der Waals surface area (Å²) in [6.07, 6.45) is 1.81. The van der Waals surface area contributed by atoms with Crippen LogP contribution in [0.15, 0.2) is 18.2 Å². The van der Waals surface area contributed by atoms with E-state index in [9.17, 15) is 4.39 Å². The Labute approximate surface area is 122 Å². The predicted octanol–water partition coefficient (Wildman–Crippen LogP) is 4.10. The molecule has 0 unspecified atom stereocenters. The van der Waals surface area contributed by atoms with Crippen molar-refractivity contribution in [1.82, 2.24) is 9.55 Å². The van der Waals surface area contributed by atoms with Crippen LogP contribution in [0.1, 0.15) is 19.2 Å². The van der Waals surface area contributed by atoms with Gasteiger partial charge in [-0.3, -0.25) is 0 Å². The maximum atomic E-state index is 13.2. The van der Waals surface area contributed by atoms with Crippen LogP contribution < -0.4 is 0 Å². The number of alkyl halides is 1. The summed E-state index contributed by atoms with van der Waals surface area (Å²) in [5.74, 6) is 3.53. The van der Waals surface area contributed by atoms with Crippen molar-refractivity contribution in [2.24, 2.45) is 0 Å². The summed E-state index contributed by atoms with van der Waals surface area (Å²) in [5.41, 5.74) is 1.73. The highest BCUT2D eigenvalue weighted by atomic mass is 35.5. The third-order valence-corrected chi connectivity index (χ3v) is 4.16.